The molecule has 0 aliphatic heterocycles. The van der Waals surface area contributed by atoms with Crippen LogP contribution in [-0.4, -0.2) is 9.97 Å². The van der Waals surface area contributed by atoms with Gasteiger partial charge in [-0.05, 0) is 24.6 Å². The number of alkyl halides is 1. The van der Waals surface area contributed by atoms with Crippen molar-refractivity contribution in [2.45, 2.75) is 18.2 Å². The largest absolute Gasteiger partial charge is 0.341 e. The van der Waals surface area contributed by atoms with Gasteiger partial charge in [-0.2, -0.15) is 0 Å². The molecule has 0 fully saturated rings. The second-order valence-corrected chi connectivity index (χ2v) is 4.26. The van der Waals surface area contributed by atoms with Gasteiger partial charge in [-0.3, -0.25) is 0 Å². The van der Waals surface area contributed by atoms with Crippen molar-refractivity contribution < 1.29 is 4.39 Å². The van der Waals surface area contributed by atoms with Crippen molar-refractivity contribution in [3.8, 4) is 0 Å². The number of benzene rings is 1. The number of hydrogen-bond donors (Lipinski definition) is 1. The number of nitrogens with one attached hydrogen (secondary N) is 1. The van der Waals surface area contributed by atoms with Crippen molar-refractivity contribution in [3.63, 3.8) is 0 Å². The third kappa shape index (κ3) is 1.66. The molecule has 1 N–H and O–H groups in total. The van der Waals surface area contributed by atoms with E-state index >= 15 is 0 Å². The number of rotatable bonds is 2. The Balaban J connectivity index is 2.51. The lowest BCUT2D eigenvalue weighted by molar-refractivity contribution is 0.629. The Kier molecular flexibility index (Phi) is 2.54. The topological polar surface area (TPSA) is 28.7 Å². The van der Waals surface area contributed by atoms with Crippen LogP contribution in [0.2, 0.25) is 0 Å². The lowest BCUT2D eigenvalue weighted by Gasteiger charge is -1.99. The first kappa shape index (κ1) is 9.65. The number of hydrogen-bond acceptors (Lipinski definition) is 1. The van der Waals surface area contributed by atoms with Gasteiger partial charge in [0.15, 0.2) is 0 Å². The first-order valence-electron chi connectivity index (χ1n) is 4.50. The molecule has 0 amide bonds. The van der Waals surface area contributed by atoms with E-state index in [4.69, 9.17) is 0 Å². The van der Waals surface area contributed by atoms with E-state index in [1.165, 1.54) is 12.1 Å². The summed E-state index contributed by atoms with van der Waals surface area (Å²) in [5, 5.41) is 0. The lowest BCUT2D eigenvalue weighted by atomic mass is 10.3. The van der Waals surface area contributed by atoms with Gasteiger partial charge in [-0.15, -0.1) is 0 Å². The van der Waals surface area contributed by atoms with Crippen LogP contribution in [0.1, 0.15) is 24.0 Å². The number of aromatic nitrogens is 2. The number of fused-ring (bicyclic) bond motifs is 1. The molecule has 2 aromatic rings. The quantitative estimate of drug-likeness (QED) is 0.819. The van der Waals surface area contributed by atoms with Crippen LogP contribution in [0.4, 0.5) is 4.39 Å². The van der Waals surface area contributed by atoms with E-state index in [1.54, 1.807) is 6.07 Å². The fourth-order valence-electron chi connectivity index (χ4n) is 1.34. The molecule has 0 radical (unpaired) electrons. The molecule has 4 heteroatoms. The number of aromatic amines is 1. The summed E-state index contributed by atoms with van der Waals surface area (Å²) in [5.74, 6) is 0.614. The predicted molar refractivity (Wildman–Crippen MR) is 58.0 cm³/mol. The van der Waals surface area contributed by atoms with E-state index in [0.29, 0.717) is 0 Å². The summed E-state index contributed by atoms with van der Waals surface area (Å²) < 4.78 is 12.9. The maximum Gasteiger partial charge on any atom is 0.125 e. The molecule has 0 saturated carbocycles. The average Bonchev–Trinajstić information content (AvgIpc) is 2.59. The molecule has 0 saturated heterocycles. The third-order valence-electron chi connectivity index (χ3n) is 2.12. The van der Waals surface area contributed by atoms with Crippen LogP contribution in [0, 0.1) is 5.82 Å². The minimum absolute atomic E-state index is 0.206. The lowest BCUT2D eigenvalue weighted by Crippen LogP contribution is -1.89. The smallest absolute Gasteiger partial charge is 0.125 e. The molecule has 2 rings (SSSR count). The number of halogens is 2. The zero-order valence-electron chi connectivity index (χ0n) is 7.72. The van der Waals surface area contributed by atoms with Crippen LogP contribution in [0.15, 0.2) is 18.2 Å². The maximum absolute atomic E-state index is 12.9. The van der Waals surface area contributed by atoms with Crippen LogP contribution in [0.5, 0.6) is 0 Å². The minimum atomic E-state index is -0.240. The molecule has 1 atom stereocenters. The van der Waals surface area contributed by atoms with E-state index in [-0.39, 0.29) is 10.6 Å². The Hall–Kier alpha value is -0.900. The molecule has 0 aliphatic rings. The Bertz CT molecular complexity index is 452. The van der Waals surface area contributed by atoms with Gasteiger partial charge in [0, 0.05) is 0 Å². The molecule has 0 bridgehead atoms. The first-order valence-corrected chi connectivity index (χ1v) is 5.41. The van der Waals surface area contributed by atoms with Gasteiger partial charge in [-0.25, -0.2) is 9.37 Å². The molecule has 1 unspecified atom stereocenters. The highest BCUT2D eigenvalue weighted by Crippen LogP contribution is 2.25. The van der Waals surface area contributed by atoms with Gasteiger partial charge in [0.25, 0.3) is 0 Å². The van der Waals surface area contributed by atoms with Gasteiger partial charge in [0.2, 0.25) is 0 Å². The van der Waals surface area contributed by atoms with Crippen molar-refractivity contribution >= 4 is 27.0 Å². The second kappa shape index (κ2) is 3.69. The van der Waals surface area contributed by atoms with Gasteiger partial charge >= 0.3 is 0 Å². The molecule has 2 nitrogen and oxygen atoms in total. The fourth-order valence-corrected chi connectivity index (χ4v) is 1.56. The summed E-state index contributed by atoms with van der Waals surface area (Å²) in [6, 6.07) is 4.56. The number of imidazole rings is 1. The number of nitrogens with zero attached hydrogens (tertiary/aromatic N) is 1. The van der Waals surface area contributed by atoms with E-state index in [1.807, 2.05) is 0 Å². The minimum Gasteiger partial charge on any atom is -0.341 e. The normalized spacial score (nSPS) is 13.4. The molecule has 1 aromatic heterocycles. The van der Waals surface area contributed by atoms with Crippen LogP contribution in [0.25, 0.3) is 11.0 Å². The maximum atomic E-state index is 12.9. The Morgan fingerprint density at radius 1 is 1.57 bits per heavy atom. The molecule has 1 heterocycles. The fraction of sp³-hybridized carbons (Fsp3) is 0.300. The highest BCUT2D eigenvalue weighted by molar-refractivity contribution is 9.09. The van der Waals surface area contributed by atoms with Crippen molar-refractivity contribution in [2.75, 3.05) is 0 Å². The first-order chi connectivity index (χ1) is 6.70. The summed E-state index contributed by atoms with van der Waals surface area (Å²) in [4.78, 5) is 7.65. The standard InChI is InChI=1S/C10H10BrFN2/c1-2-7(11)10-13-8-4-3-6(12)5-9(8)14-10/h3-5,7H,2H2,1H3,(H,13,14). The zero-order chi connectivity index (χ0) is 10.1. The SMILES string of the molecule is CCC(Br)c1nc2ccc(F)cc2[nH]1. The Morgan fingerprint density at radius 2 is 2.36 bits per heavy atom. The predicted octanol–water partition coefficient (Wildman–Crippen LogP) is 3.55. The van der Waals surface area contributed by atoms with Crippen molar-refractivity contribution in [3.05, 3.63) is 29.8 Å². The highest BCUT2D eigenvalue weighted by Gasteiger charge is 2.10. The molecule has 74 valence electrons. The van der Waals surface area contributed by atoms with E-state index < -0.39 is 0 Å². The summed E-state index contributed by atoms with van der Waals surface area (Å²) >= 11 is 3.49. The van der Waals surface area contributed by atoms with E-state index in [2.05, 4.69) is 32.8 Å². The van der Waals surface area contributed by atoms with Crippen molar-refractivity contribution in [1.29, 1.82) is 0 Å². The van der Waals surface area contributed by atoms with Crippen LogP contribution >= 0.6 is 15.9 Å². The Labute approximate surface area is 89.7 Å². The van der Waals surface area contributed by atoms with Crippen LogP contribution < -0.4 is 0 Å². The molecule has 1 aromatic carbocycles. The van der Waals surface area contributed by atoms with Crippen LogP contribution in [-0.2, 0) is 0 Å². The molecular formula is C10H10BrFN2. The summed E-state index contributed by atoms with van der Waals surface area (Å²) in [5.41, 5.74) is 1.55. The average molecular weight is 257 g/mol. The van der Waals surface area contributed by atoms with Crippen molar-refractivity contribution in [2.24, 2.45) is 0 Å². The molecule has 0 spiro atoms. The van der Waals surface area contributed by atoms with Gasteiger partial charge in [0.05, 0.1) is 15.9 Å². The van der Waals surface area contributed by atoms with Crippen LogP contribution in [0.3, 0.4) is 0 Å². The second-order valence-electron chi connectivity index (χ2n) is 3.16. The summed E-state index contributed by atoms with van der Waals surface area (Å²) in [6.45, 7) is 2.06. The summed E-state index contributed by atoms with van der Waals surface area (Å²) in [6.07, 6.45) is 0.947. The third-order valence-corrected chi connectivity index (χ3v) is 3.20. The van der Waals surface area contributed by atoms with E-state index in [0.717, 1.165) is 23.3 Å². The van der Waals surface area contributed by atoms with Crippen molar-refractivity contribution in [1.82, 2.24) is 9.97 Å². The molecule has 14 heavy (non-hydrogen) atoms. The van der Waals surface area contributed by atoms with Gasteiger partial charge < -0.3 is 4.98 Å². The summed E-state index contributed by atoms with van der Waals surface area (Å²) in [7, 11) is 0. The monoisotopic (exact) mass is 256 g/mol. The molecule has 0 aliphatic carbocycles. The van der Waals surface area contributed by atoms with Gasteiger partial charge in [-0.1, -0.05) is 22.9 Å². The Morgan fingerprint density at radius 3 is 3.07 bits per heavy atom. The molecular weight excluding hydrogens is 247 g/mol. The zero-order valence-corrected chi connectivity index (χ0v) is 9.31. The highest BCUT2D eigenvalue weighted by atomic mass is 79.9. The number of H-pyrrole nitrogens is 1. The van der Waals surface area contributed by atoms with Gasteiger partial charge in [0.1, 0.15) is 11.6 Å². The van der Waals surface area contributed by atoms with E-state index in [9.17, 15) is 4.39 Å².